The summed E-state index contributed by atoms with van der Waals surface area (Å²) >= 11 is 0. The van der Waals surface area contributed by atoms with Crippen molar-refractivity contribution in [1.29, 1.82) is 0 Å². The van der Waals surface area contributed by atoms with Gasteiger partial charge in [-0.1, -0.05) is 0 Å². The number of benzene rings is 2. The third kappa shape index (κ3) is 4.32. The standard InChI is InChI=1S/C18H16FN3O5/c1-25-14-7-13(8-15(9-14)26-2)20-16(23)10-22-18(24)27-17(21-22)11-3-5-12(19)6-4-11/h3-9H,10H2,1-2H3,(H,20,23). The second kappa shape index (κ2) is 7.73. The molecule has 0 atom stereocenters. The molecule has 140 valence electrons. The van der Waals surface area contributed by atoms with Gasteiger partial charge in [-0.25, -0.2) is 9.18 Å². The molecule has 0 saturated heterocycles. The quantitative estimate of drug-likeness (QED) is 0.712. The van der Waals surface area contributed by atoms with Crippen molar-refractivity contribution in [1.82, 2.24) is 9.78 Å². The Balaban J connectivity index is 1.75. The molecular formula is C18H16FN3O5. The van der Waals surface area contributed by atoms with Gasteiger partial charge in [0.15, 0.2) is 0 Å². The summed E-state index contributed by atoms with van der Waals surface area (Å²) in [6.45, 7) is -0.358. The first-order valence-corrected chi connectivity index (χ1v) is 7.85. The molecule has 0 saturated carbocycles. The van der Waals surface area contributed by atoms with E-state index in [1.54, 1.807) is 18.2 Å². The van der Waals surface area contributed by atoms with Crippen LogP contribution in [0.15, 0.2) is 51.7 Å². The first-order valence-electron chi connectivity index (χ1n) is 7.85. The fraction of sp³-hybridized carbons (Fsp3) is 0.167. The number of hydrogen-bond donors (Lipinski definition) is 1. The average Bonchev–Trinajstić information content (AvgIpc) is 3.02. The minimum atomic E-state index is -0.798. The van der Waals surface area contributed by atoms with Gasteiger partial charge in [0, 0.05) is 29.4 Å². The Kier molecular flexibility index (Phi) is 5.20. The molecule has 0 aliphatic heterocycles. The summed E-state index contributed by atoms with van der Waals surface area (Å²) in [5.41, 5.74) is 0.858. The normalized spacial score (nSPS) is 10.5. The number of ether oxygens (including phenoxy) is 2. The predicted octanol–water partition coefficient (Wildman–Crippen LogP) is 2.30. The number of carbonyl (C=O) groups is 1. The minimum absolute atomic E-state index is 0.00384. The highest BCUT2D eigenvalue weighted by molar-refractivity contribution is 5.91. The number of carbonyl (C=O) groups excluding carboxylic acids is 1. The molecule has 3 aromatic rings. The zero-order valence-electron chi connectivity index (χ0n) is 14.6. The molecule has 8 nitrogen and oxygen atoms in total. The smallest absolute Gasteiger partial charge is 0.437 e. The van der Waals surface area contributed by atoms with Crippen LogP contribution in [-0.2, 0) is 11.3 Å². The third-order valence-corrected chi connectivity index (χ3v) is 3.63. The number of halogens is 1. The lowest BCUT2D eigenvalue weighted by molar-refractivity contribution is -0.117. The summed E-state index contributed by atoms with van der Waals surface area (Å²) in [6.07, 6.45) is 0. The lowest BCUT2D eigenvalue weighted by Crippen LogP contribution is -2.25. The van der Waals surface area contributed by atoms with E-state index in [1.807, 2.05) is 0 Å². The zero-order valence-corrected chi connectivity index (χ0v) is 14.6. The molecule has 3 rings (SSSR count). The van der Waals surface area contributed by atoms with Crippen LogP contribution in [-0.4, -0.2) is 29.9 Å². The van der Waals surface area contributed by atoms with E-state index in [-0.39, 0.29) is 12.4 Å². The van der Waals surface area contributed by atoms with Crippen molar-refractivity contribution < 1.29 is 23.1 Å². The minimum Gasteiger partial charge on any atom is -0.497 e. The number of amides is 1. The largest absolute Gasteiger partial charge is 0.497 e. The maximum atomic E-state index is 13.0. The molecule has 0 fully saturated rings. The van der Waals surface area contributed by atoms with Gasteiger partial charge in [0.2, 0.25) is 11.8 Å². The van der Waals surface area contributed by atoms with E-state index in [2.05, 4.69) is 10.4 Å². The third-order valence-electron chi connectivity index (χ3n) is 3.63. The van der Waals surface area contributed by atoms with Crippen LogP contribution in [0.4, 0.5) is 10.1 Å². The lowest BCUT2D eigenvalue weighted by atomic mass is 10.2. The van der Waals surface area contributed by atoms with Gasteiger partial charge in [-0.2, -0.15) is 4.68 Å². The van der Waals surface area contributed by atoms with Crippen LogP contribution < -0.4 is 20.5 Å². The summed E-state index contributed by atoms with van der Waals surface area (Å²) in [5, 5.41) is 6.60. The highest BCUT2D eigenvalue weighted by Crippen LogP contribution is 2.25. The van der Waals surface area contributed by atoms with Gasteiger partial charge in [-0.05, 0) is 24.3 Å². The molecule has 1 aromatic heterocycles. The van der Waals surface area contributed by atoms with Crippen molar-refractivity contribution in [2.75, 3.05) is 19.5 Å². The molecule has 0 aliphatic rings. The van der Waals surface area contributed by atoms with Crippen molar-refractivity contribution in [3.8, 4) is 23.0 Å². The molecule has 2 aromatic carbocycles. The fourth-order valence-electron chi connectivity index (χ4n) is 2.33. The van der Waals surface area contributed by atoms with Crippen molar-refractivity contribution in [3.63, 3.8) is 0 Å². The summed E-state index contributed by atoms with van der Waals surface area (Å²) in [4.78, 5) is 24.1. The summed E-state index contributed by atoms with van der Waals surface area (Å²) in [7, 11) is 2.98. The molecule has 0 aliphatic carbocycles. The van der Waals surface area contributed by atoms with E-state index in [9.17, 15) is 14.0 Å². The van der Waals surface area contributed by atoms with Crippen molar-refractivity contribution in [2.24, 2.45) is 0 Å². The van der Waals surface area contributed by atoms with Gasteiger partial charge in [-0.15, -0.1) is 5.10 Å². The van der Waals surface area contributed by atoms with Crippen LogP contribution >= 0.6 is 0 Å². The summed E-state index contributed by atoms with van der Waals surface area (Å²) in [5.74, 6) is -0.716. The van der Waals surface area contributed by atoms with Crippen molar-refractivity contribution in [3.05, 3.63) is 58.8 Å². The van der Waals surface area contributed by atoms with Gasteiger partial charge < -0.3 is 19.2 Å². The van der Waals surface area contributed by atoms with E-state index in [0.717, 1.165) is 4.68 Å². The SMILES string of the molecule is COc1cc(NC(=O)Cn2nc(-c3ccc(F)cc3)oc2=O)cc(OC)c1. The molecule has 1 heterocycles. The summed E-state index contributed by atoms with van der Waals surface area (Å²) < 4.78 is 29.2. The first kappa shape index (κ1) is 18.2. The lowest BCUT2D eigenvalue weighted by Gasteiger charge is -2.09. The molecule has 9 heteroatoms. The fourth-order valence-corrected chi connectivity index (χ4v) is 2.33. The number of methoxy groups -OCH3 is 2. The molecule has 1 N–H and O–H groups in total. The number of rotatable bonds is 6. The van der Waals surface area contributed by atoms with Gasteiger partial charge >= 0.3 is 5.76 Å². The highest BCUT2D eigenvalue weighted by Gasteiger charge is 2.14. The van der Waals surface area contributed by atoms with E-state index in [4.69, 9.17) is 13.9 Å². The maximum Gasteiger partial charge on any atom is 0.437 e. The topological polar surface area (TPSA) is 95.6 Å². The molecular weight excluding hydrogens is 357 g/mol. The summed E-state index contributed by atoms with van der Waals surface area (Å²) in [6, 6.07) is 10.2. The Morgan fingerprint density at radius 1 is 1.15 bits per heavy atom. The number of aromatic nitrogens is 2. The Morgan fingerprint density at radius 3 is 2.37 bits per heavy atom. The van der Waals surface area contributed by atoms with Crippen LogP contribution in [0.2, 0.25) is 0 Å². The van der Waals surface area contributed by atoms with Crippen molar-refractivity contribution in [2.45, 2.75) is 6.54 Å². The molecule has 0 unspecified atom stereocenters. The second-order valence-electron chi connectivity index (χ2n) is 5.49. The number of hydrogen-bond acceptors (Lipinski definition) is 6. The van der Waals surface area contributed by atoms with Gasteiger partial charge in [0.25, 0.3) is 0 Å². The second-order valence-corrected chi connectivity index (χ2v) is 5.49. The first-order chi connectivity index (χ1) is 13.0. The molecule has 0 spiro atoms. The van der Waals surface area contributed by atoms with Crippen LogP contribution in [0, 0.1) is 5.82 Å². The van der Waals surface area contributed by atoms with Gasteiger partial charge in [0.05, 0.1) is 14.2 Å². The van der Waals surface area contributed by atoms with Crippen LogP contribution in [0.25, 0.3) is 11.5 Å². The Morgan fingerprint density at radius 2 is 1.78 bits per heavy atom. The van der Waals surface area contributed by atoms with Crippen molar-refractivity contribution >= 4 is 11.6 Å². The van der Waals surface area contributed by atoms with Gasteiger partial charge in [-0.3, -0.25) is 4.79 Å². The Bertz CT molecular complexity index is 988. The van der Waals surface area contributed by atoms with E-state index in [0.29, 0.717) is 22.7 Å². The van der Waals surface area contributed by atoms with Gasteiger partial charge in [0.1, 0.15) is 23.9 Å². The zero-order chi connectivity index (χ0) is 19.4. The molecule has 0 radical (unpaired) electrons. The number of anilines is 1. The van der Waals surface area contributed by atoms with Crippen LogP contribution in [0.5, 0.6) is 11.5 Å². The Hall–Kier alpha value is -3.62. The van der Waals surface area contributed by atoms with E-state index >= 15 is 0 Å². The number of nitrogens with one attached hydrogen (secondary N) is 1. The highest BCUT2D eigenvalue weighted by atomic mass is 19.1. The maximum absolute atomic E-state index is 13.0. The molecule has 0 bridgehead atoms. The van der Waals surface area contributed by atoms with E-state index in [1.165, 1.54) is 38.5 Å². The van der Waals surface area contributed by atoms with Crippen LogP contribution in [0.3, 0.4) is 0 Å². The number of nitrogens with zero attached hydrogens (tertiary/aromatic N) is 2. The molecule has 27 heavy (non-hydrogen) atoms. The predicted molar refractivity (Wildman–Crippen MR) is 94.3 cm³/mol. The Labute approximate surface area is 153 Å². The average molecular weight is 373 g/mol. The van der Waals surface area contributed by atoms with Crippen LogP contribution in [0.1, 0.15) is 0 Å². The molecule has 1 amide bonds. The monoisotopic (exact) mass is 373 g/mol. The van der Waals surface area contributed by atoms with E-state index < -0.39 is 17.5 Å².